The lowest BCUT2D eigenvalue weighted by molar-refractivity contribution is -0.126. The molecule has 0 fully saturated rings. The molecule has 0 saturated carbocycles. The van der Waals surface area contributed by atoms with Crippen LogP contribution in [-0.4, -0.2) is 30.2 Å². The summed E-state index contributed by atoms with van der Waals surface area (Å²) < 4.78 is 35.4. The third-order valence-corrected chi connectivity index (χ3v) is 2.87. The molecule has 96 valence electrons. The number of anilines is 1. The van der Waals surface area contributed by atoms with E-state index in [1.807, 2.05) is 12.2 Å². The van der Waals surface area contributed by atoms with Crippen LogP contribution in [0.3, 0.4) is 0 Å². The monoisotopic (exact) mass is 267 g/mol. The normalized spacial score (nSPS) is 11.6. The van der Waals surface area contributed by atoms with Gasteiger partial charge in [-0.15, -0.1) is 11.3 Å². The van der Waals surface area contributed by atoms with Gasteiger partial charge in [0, 0.05) is 4.88 Å². The number of amides is 1. The van der Waals surface area contributed by atoms with Gasteiger partial charge in [0.05, 0.1) is 18.8 Å². The summed E-state index contributed by atoms with van der Waals surface area (Å²) in [6.07, 6.45) is -4.31. The van der Waals surface area contributed by atoms with E-state index in [4.69, 9.17) is 0 Å². The van der Waals surface area contributed by atoms with E-state index in [2.05, 4.69) is 10.3 Å². The van der Waals surface area contributed by atoms with E-state index in [0.29, 0.717) is 5.13 Å². The number of hydrogen-bond acceptors (Lipinski definition) is 4. The average Bonchev–Trinajstić information content (AvgIpc) is 2.43. The van der Waals surface area contributed by atoms with E-state index in [0.717, 1.165) is 10.6 Å². The molecule has 4 nitrogen and oxygen atoms in total. The summed E-state index contributed by atoms with van der Waals surface area (Å²) in [5, 5.41) is 4.84. The first-order valence-corrected chi connectivity index (χ1v) is 5.61. The van der Waals surface area contributed by atoms with Crippen LogP contribution < -0.4 is 10.6 Å². The maximum atomic E-state index is 11.8. The average molecular weight is 267 g/mol. The lowest BCUT2D eigenvalue weighted by Gasteiger charge is -2.07. The quantitative estimate of drug-likeness (QED) is 0.875. The smallest absolute Gasteiger partial charge is 0.301 e. The summed E-state index contributed by atoms with van der Waals surface area (Å²) >= 11 is 1.29. The van der Waals surface area contributed by atoms with Crippen LogP contribution >= 0.6 is 11.3 Å². The van der Waals surface area contributed by atoms with Gasteiger partial charge in [0.15, 0.2) is 5.13 Å². The Morgan fingerprint density at radius 3 is 2.53 bits per heavy atom. The molecule has 0 spiro atoms. The van der Waals surface area contributed by atoms with Crippen molar-refractivity contribution < 1.29 is 18.0 Å². The molecule has 1 aromatic heterocycles. The van der Waals surface area contributed by atoms with Crippen LogP contribution in [0, 0.1) is 13.8 Å². The highest BCUT2D eigenvalue weighted by Gasteiger charge is 2.26. The number of aryl methyl sites for hydroxylation is 2. The van der Waals surface area contributed by atoms with Crippen LogP contribution in [0.5, 0.6) is 0 Å². The van der Waals surface area contributed by atoms with Crippen molar-refractivity contribution in [3.8, 4) is 0 Å². The first-order valence-electron chi connectivity index (χ1n) is 4.79. The Morgan fingerprint density at radius 1 is 1.41 bits per heavy atom. The highest BCUT2D eigenvalue weighted by Crippen LogP contribution is 2.20. The fraction of sp³-hybridized carbons (Fsp3) is 0.556. The van der Waals surface area contributed by atoms with E-state index >= 15 is 0 Å². The molecule has 2 N–H and O–H groups in total. The number of carbonyl (C=O) groups is 1. The van der Waals surface area contributed by atoms with Gasteiger partial charge in [-0.3, -0.25) is 4.79 Å². The summed E-state index contributed by atoms with van der Waals surface area (Å²) in [6, 6.07) is 0. The first kappa shape index (κ1) is 13.9. The van der Waals surface area contributed by atoms with Gasteiger partial charge < -0.3 is 10.6 Å². The fourth-order valence-electron chi connectivity index (χ4n) is 1.01. The van der Waals surface area contributed by atoms with E-state index in [-0.39, 0.29) is 0 Å². The van der Waals surface area contributed by atoms with Crippen molar-refractivity contribution in [1.82, 2.24) is 10.3 Å². The van der Waals surface area contributed by atoms with Crippen molar-refractivity contribution in [2.75, 3.05) is 18.4 Å². The summed E-state index contributed by atoms with van der Waals surface area (Å²) in [6.45, 7) is 2.07. The Labute approximate surface area is 100 Å². The van der Waals surface area contributed by atoms with Crippen molar-refractivity contribution in [1.29, 1.82) is 0 Å². The third-order valence-electron chi connectivity index (χ3n) is 1.89. The van der Waals surface area contributed by atoms with Gasteiger partial charge in [0.1, 0.15) is 0 Å². The molecule has 0 unspecified atom stereocenters. The van der Waals surface area contributed by atoms with E-state index in [9.17, 15) is 18.0 Å². The molecule has 1 rings (SSSR count). The standard InChI is InChI=1S/C9H12F3N3OS/c1-5-6(2)17-8(14-5)15-7(16)3-13-4-9(10,11)12/h13H,3-4H2,1-2H3,(H,14,15,16). The Morgan fingerprint density at radius 2 is 2.06 bits per heavy atom. The second-order valence-electron chi connectivity index (χ2n) is 3.43. The van der Waals surface area contributed by atoms with Gasteiger partial charge in [-0.2, -0.15) is 13.2 Å². The van der Waals surface area contributed by atoms with Gasteiger partial charge in [-0.25, -0.2) is 4.98 Å². The van der Waals surface area contributed by atoms with Crippen LogP contribution in [0.1, 0.15) is 10.6 Å². The topological polar surface area (TPSA) is 54.0 Å². The van der Waals surface area contributed by atoms with Crippen LogP contribution in [-0.2, 0) is 4.79 Å². The van der Waals surface area contributed by atoms with Crippen LogP contribution in [0.25, 0.3) is 0 Å². The van der Waals surface area contributed by atoms with Crippen LogP contribution in [0.4, 0.5) is 18.3 Å². The van der Waals surface area contributed by atoms with E-state index in [1.54, 1.807) is 6.92 Å². The molecular weight excluding hydrogens is 255 g/mol. The van der Waals surface area contributed by atoms with Crippen molar-refractivity contribution in [2.45, 2.75) is 20.0 Å². The number of rotatable bonds is 4. The molecule has 0 saturated heterocycles. The number of aromatic nitrogens is 1. The zero-order valence-electron chi connectivity index (χ0n) is 9.31. The van der Waals surface area contributed by atoms with E-state index < -0.39 is 25.2 Å². The Kier molecular flexibility index (Phi) is 4.47. The van der Waals surface area contributed by atoms with Gasteiger partial charge in [-0.1, -0.05) is 0 Å². The summed E-state index contributed by atoms with van der Waals surface area (Å²) in [4.78, 5) is 16.2. The number of alkyl halides is 3. The molecule has 0 aliphatic carbocycles. The summed E-state index contributed by atoms with van der Waals surface area (Å²) in [5.41, 5.74) is 0.800. The number of halogens is 3. The van der Waals surface area contributed by atoms with Gasteiger partial charge >= 0.3 is 6.18 Å². The second-order valence-corrected chi connectivity index (χ2v) is 4.63. The SMILES string of the molecule is Cc1nc(NC(=O)CNCC(F)(F)F)sc1C. The van der Waals surface area contributed by atoms with Crippen molar-refractivity contribution in [3.63, 3.8) is 0 Å². The Bertz CT molecular complexity index is 383. The minimum Gasteiger partial charge on any atom is -0.301 e. The lowest BCUT2D eigenvalue weighted by Crippen LogP contribution is -2.35. The maximum absolute atomic E-state index is 11.8. The summed E-state index contributed by atoms with van der Waals surface area (Å²) in [5.74, 6) is -0.539. The van der Waals surface area contributed by atoms with Crippen molar-refractivity contribution in [3.05, 3.63) is 10.6 Å². The van der Waals surface area contributed by atoms with Crippen molar-refractivity contribution in [2.24, 2.45) is 0 Å². The van der Waals surface area contributed by atoms with E-state index in [1.165, 1.54) is 11.3 Å². The van der Waals surface area contributed by atoms with Crippen LogP contribution in [0.2, 0.25) is 0 Å². The van der Waals surface area contributed by atoms with Gasteiger partial charge in [0.25, 0.3) is 0 Å². The molecule has 0 bridgehead atoms. The Hall–Kier alpha value is -1.15. The zero-order valence-corrected chi connectivity index (χ0v) is 10.1. The van der Waals surface area contributed by atoms with Gasteiger partial charge in [-0.05, 0) is 13.8 Å². The molecule has 17 heavy (non-hydrogen) atoms. The number of nitrogens with one attached hydrogen (secondary N) is 2. The minimum atomic E-state index is -4.31. The predicted molar refractivity (Wildman–Crippen MR) is 59.1 cm³/mol. The highest BCUT2D eigenvalue weighted by atomic mass is 32.1. The second kappa shape index (κ2) is 5.46. The third kappa shape index (κ3) is 5.14. The highest BCUT2D eigenvalue weighted by molar-refractivity contribution is 7.15. The van der Waals surface area contributed by atoms with Gasteiger partial charge in [0.2, 0.25) is 5.91 Å². The number of hydrogen-bond donors (Lipinski definition) is 2. The Balaban J connectivity index is 2.35. The first-order chi connectivity index (χ1) is 7.78. The number of nitrogens with zero attached hydrogens (tertiary/aromatic N) is 1. The molecule has 0 aliphatic rings. The zero-order chi connectivity index (χ0) is 13.1. The van der Waals surface area contributed by atoms with Crippen molar-refractivity contribution >= 4 is 22.4 Å². The molecular formula is C9H12F3N3OS. The molecule has 0 radical (unpaired) electrons. The fourth-order valence-corrected chi connectivity index (χ4v) is 1.84. The molecule has 1 amide bonds. The van der Waals surface area contributed by atoms with Crippen LogP contribution in [0.15, 0.2) is 0 Å². The number of thiazole rings is 1. The largest absolute Gasteiger partial charge is 0.401 e. The molecule has 1 aromatic rings. The maximum Gasteiger partial charge on any atom is 0.401 e. The molecule has 1 heterocycles. The molecule has 0 atom stereocenters. The molecule has 0 aliphatic heterocycles. The summed E-state index contributed by atoms with van der Waals surface area (Å²) in [7, 11) is 0. The lowest BCUT2D eigenvalue weighted by atomic mass is 10.4. The minimum absolute atomic E-state index is 0.392. The molecule has 0 aromatic carbocycles. The predicted octanol–water partition coefficient (Wildman–Crippen LogP) is 1.85. The number of carbonyl (C=O) groups excluding carboxylic acids is 1. The molecule has 8 heteroatoms.